The minimum Gasteiger partial charge on any atom is -0.376 e. The number of nitrogens with zero attached hydrogens (tertiary/aromatic N) is 4. The van der Waals surface area contributed by atoms with Gasteiger partial charge in [0, 0.05) is 17.2 Å². The van der Waals surface area contributed by atoms with Gasteiger partial charge in [0.2, 0.25) is 5.91 Å². The van der Waals surface area contributed by atoms with Gasteiger partial charge in [-0.05, 0) is 49.9 Å². The molecule has 1 amide bonds. The minimum atomic E-state index is -0.905. The normalized spacial score (nSPS) is 18.2. The highest BCUT2D eigenvalue weighted by molar-refractivity contribution is 7.99. The molecule has 2 aromatic rings. The summed E-state index contributed by atoms with van der Waals surface area (Å²) in [6, 6.07) is 9.63. The third kappa shape index (κ3) is 5.34. The van der Waals surface area contributed by atoms with E-state index in [1.54, 1.807) is 6.92 Å². The summed E-state index contributed by atoms with van der Waals surface area (Å²) in [7, 11) is 0. The highest BCUT2D eigenvalue weighted by Crippen LogP contribution is 2.27. The van der Waals surface area contributed by atoms with Crippen LogP contribution < -0.4 is 5.32 Å². The van der Waals surface area contributed by atoms with Crippen LogP contribution in [0, 0.1) is 17.2 Å². The average Bonchev–Trinajstić information content (AvgIpc) is 3.37. The zero-order valence-corrected chi connectivity index (χ0v) is 19.0. The molecule has 0 radical (unpaired) electrons. The van der Waals surface area contributed by atoms with E-state index in [0.29, 0.717) is 22.5 Å². The summed E-state index contributed by atoms with van der Waals surface area (Å²) in [5.74, 6) is 0.650. The van der Waals surface area contributed by atoms with Crippen molar-refractivity contribution in [2.75, 3.05) is 12.4 Å². The lowest BCUT2D eigenvalue weighted by Crippen LogP contribution is -2.49. The van der Waals surface area contributed by atoms with Crippen LogP contribution in [0.1, 0.15) is 33.6 Å². The quantitative estimate of drug-likeness (QED) is 0.616. The third-order valence-electron chi connectivity index (χ3n) is 5.35. The number of rotatable bonds is 8. The summed E-state index contributed by atoms with van der Waals surface area (Å²) in [6.07, 6.45) is 2.12. The maximum Gasteiger partial charge on any atom is 0.231 e. The van der Waals surface area contributed by atoms with Crippen LogP contribution in [0.5, 0.6) is 0 Å². The van der Waals surface area contributed by atoms with E-state index < -0.39 is 5.54 Å². The molecular formula is C21H26ClN5O2S. The van der Waals surface area contributed by atoms with Crippen molar-refractivity contribution >= 4 is 29.3 Å². The highest BCUT2D eigenvalue weighted by atomic mass is 35.5. The van der Waals surface area contributed by atoms with Crippen LogP contribution in [0.2, 0.25) is 5.02 Å². The molecule has 7 nitrogen and oxygen atoms in total. The van der Waals surface area contributed by atoms with E-state index in [1.165, 1.54) is 11.8 Å². The second-order valence-electron chi connectivity index (χ2n) is 7.86. The Morgan fingerprint density at radius 2 is 2.17 bits per heavy atom. The first-order valence-electron chi connectivity index (χ1n) is 9.98. The second kappa shape index (κ2) is 9.82. The van der Waals surface area contributed by atoms with Crippen LogP contribution in [0.15, 0.2) is 29.4 Å². The molecule has 1 aromatic heterocycles. The summed E-state index contributed by atoms with van der Waals surface area (Å²) < 4.78 is 7.80. The number of thioether (sulfide) groups is 1. The maximum atomic E-state index is 12.5. The molecular weight excluding hydrogens is 422 g/mol. The lowest BCUT2D eigenvalue weighted by molar-refractivity contribution is -0.120. The lowest BCUT2D eigenvalue weighted by Gasteiger charge is -2.27. The van der Waals surface area contributed by atoms with Crippen LogP contribution in [0.4, 0.5) is 0 Å². The van der Waals surface area contributed by atoms with Crippen LogP contribution in [-0.4, -0.2) is 44.7 Å². The molecule has 1 fully saturated rings. The Bertz CT molecular complexity index is 918. The Hall–Kier alpha value is -2.08. The molecule has 0 aliphatic carbocycles. The number of nitrogens with one attached hydrogen (secondary N) is 1. The number of nitriles is 1. The third-order valence-corrected chi connectivity index (χ3v) is 6.57. The van der Waals surface area contributed by atoms with E-state index in [-0.39, 0.29) is 23.7 Å². The number of hydrogen-bond acceptors (Lipinski definition) is 6. The number of carbonyl (C=O) groups excluding carboxylic acids is 1. The largest absolute Gasteiger partial charge is 0.376 e. The Morgan fingerprint density at radius 3 is 2.77 bits per heavy atom. The number of hydrogen-bond donors (Lipinski definition) is 1. The van der Waals surface area contributed by atoms with E-state index in [2.05, 4.69) is 21.6 Å². The van der Waals surface area contributed by atoms with Crippen molar-refractivity contribution in [1.82, 2.24) is 20.1 Å². The lowest BCUT2D eigenvalue weighted by atomic mass is 9.90. The van der Waals surface area contributed by atoms with Gasteiger partial charge < -0.3 is 10.1 Å². The number of halogens is 1. The molecule has 0 spiro atoms. The first kappa shape index (κ1) is 22.6. The van der Waals surface area contributed by atoms with Gasteiger partial charge in [-0.2, -0.15) is 5.26 Å². The monoisotopic (exact) mass is 447 g/mol. The highest BCUT2D eigenvalue weighted by Gasteiger charge is 2.30. The first-order chi connectivity index (χ1) is 14.3. The van der Waals surface area contributed by atoms with Crippen molar-refractivity contribution in [1.29, 1.82) is 5.26 Å². The topological polar surface area (TPSA) is 92.8 Å². The molecule has 0 unspecified atom stereocenters. The molecule has 2 atom stereocenters. The Balaban J connectivity index is 1.77. The molecule has 1 saturated heterocycles. The van der Waals surface area contributed by atoms with Gasteiger partial charge in [0.15, 0.2) is 11.0 Å². The predicted octanol–water partition coefficient (Wildman–Crippen LogP) is 3.92. The Labute approximate surface area is 186 Å². The minimum absolute atomic E-state index is 0.00359. The predicted molar refractivity (Wildman–Crippen MR) is 117 cm³/mol. The molecule has 30 heavy (non-hydrogen) atoms. The van der Waals surface area contributed by atoms with Gasteiger partial charge in [0.25, 0.3) is 0 Å². The van der Waals surface area contributed by atoms with Gasteiger partial charge in [0.05, 0.1) is 24.5 Å². The van der Waals surface area contributed by atoms with Gasteiger partial charge in [0.1, 0.15) is 5.54 Å². The summed E-state index contributed by atoms with van der Waals surface area (Å²) in [5.41, 5.74) is -0.00430. The van der Waals surface area contributed by atoms with Gasteiger partial charge in [-0.1, -0.05) is 37.2 Å². The average molecular weight is 448 g/mol. The molecule has 160 valence electrons. The van der Waals surface area contributed by atoms with Gasteiger partial charge in [-0.25, -0.2) is 0 Å². The summed E-state index contributed by atoms with van der Waals surface area (Å²) in [4.78, 5) is 12.5. The van der Waals surface area contributed by atoms with E-state index >= 15 is 0 Å². The zero-order valence-electron chi connectivity index (χ0n) is 17.4. The van der Waals surface area contributed by atoms with Crippen LogP contribution >= 0.6 is 23.4 Å². The molecule has 2 heterocycles. The zero-order chi connectivity index (χ0) is 21.7. The van der Waals surface area contributed by atoms with Gasteiger partial charge in [-0.3, -0.25) is 9.36 Å². The van der Waals surface area contributed by atoms with E-state index in [9.17, 15) is 10.1 Å². The van der Waals surface area contributed by atoms with Gasteiger partial charge >= 0.3 is 0 Å². The van der Waals surface area contributed by atoms with E-state index in [1.807, 2.05) is 42.7 Å². The Morgan fingerprint density at radius 1 is 1.43 bits per heavy atom. The molecule has 1 aliphatic heterocycles. The number of aromatic nitrogens is 3. The number of amides is 1. The van der Waals surface area contributed by atoms with Gasteiger partial charge in [-0.15, -0.1) is 10.2 Å². The van der Waals surface area contributed by atoms with Crippen LogP contribution in [-0.2, 0) is 16.1 Å². The van der Waals surface area contributed by atoms with Crippen molar-refractivity contribution in [2.45, 2.75) is 57.0 Å². The van der Waals surface area contributed by atoms with Crippen molar-refractivity contribution in [3.05, 3.63) is 29.3 Å². The van der Waals surface area contributed by atoms with E-state index in [4.69, 9.17) is 16.3 Å². The van der Waals surface area contributed by atoms with Crippen molar-refractivity contribution in [2.24, 2.45) is 5.92 Å². The fraction of sp³-hybridized carbons (Fsp3) is 0.524. The van der Waals surface area contributed by atoms with Crippen LogP contribution in [0.3, 0.4) is 0 Å². The fourth-order valence-corrected chi connectivity index (χ4v) is 4.00. The summed E-state index contributed by atoms with van der Waals surface area (Å²) in [5, 5.41) is 22.2. The van der Waals surface area contributed by atoms with Crippen molar-refractivity contribution in [3.8, 4) is 17.5 Å². The number of ether oxygens (including phenoxy) is 1. The summed E-state index contributed by atoms with van der Waals surface area (Å²) >= 11 is 7.33. The number of carbonyl (C=O) groups is 1. The Kier molecular flexibility index (Phi) is 7.40. The smallest absolute Gasteiger partial charge is 0.231 e. The molecule has 1 N–H and O–H groups in total. The van der Waals surface area contributed by atoms with E-state index in [0.717, 1.165) is 25.0 Å². The SMILES string of the molecule is CC(C)[C@@](C)(C#N)NC(=O)CSc1nnc(-c2ccc(Cl)cc2)n1C[C@H]1CCCO1. The molecule has 0 saturated carbocycles. The molecule has 1 aliphatic rings. The standard InChI is InChI=1S/C21H26ClN5O2S/c1-14(2)21(3,13-23)24-18(28)12-30-20-26-25-19(15-6-8-16(22)9-7-15)27(20)11-17-5-4-10-29-17/h6-9,14,17H,4-5,10-12H2,1-3H3,(H,24,28)/t17-,21-/m1/s1. The second-order valence-corrected chi connectivity index (χ2v) is 9.24. The maximum absolute atomic E-state index is 12.5. The molecule has 1 aromatic carbocycles. The number of benzene rings is 1. The van der Waals surface area contributed by atoms with Crippen LogP contribution in [0.25, 0.3) is 11.4 Å². The molecule has 9 heteroatoms. The molecule has 3 rings (SSSR count). The van der Waals surface area contributed by atoms with Crippen molar-refractivity contribution < 1.29 is 9.53 Å². The van der Waals surface area contributed by atoms with Crippen molar-refractivity contribution in [3.63, 3.8) is 0 Å². The molecule has 0 bridgehead atoms. The first-order valence-corrected chi connectivity index (χ1v) is 11.3. The fourth-order valence-electron chi connectivity index (χ4n) is 3.12. The summed E-state index contributed by atoms with van der Waals surface area (Å²) in [6.45, 7) is 6.94.